The number of nitrogens with one attached hydrogen (secondary N) is 1. The van der Waals surface area contributed by atoms with Crippen LogP contribution in [-0.4, -0.2) is 80.1 Å². The van der Waals surface area contributed by atoms with E-state index in [1.54, 1.807) is 0 Å². The molecule has 20 heavy (non-hydrogen) atoms. The van der Waals surface area contributed by atoms with Crippen LogP contribution in [0.5, 0.6) is 0 Å². The van der Waals surface area contributed by atoms with E-state index in [0.29, 0.717) is 19.6 Å². The second kappa shape index (κ2) is 7.95. The standard InChI is InChI=1S/C12H25N3O3S2/c16-11-12-1-4-15(5-2-12)20(17,18)13-3-6-14-7-9-19-10-8-14/h12-13,16H,1-11H2. The van der Waals surface area contributed by atoms with Gasteiger partial charge in [-0.1, -0.05) is 0 Å². The fourth-order valence-corrected chi connectivity index (χ4v) is 4.78. The second-order valence-electron chi connectivity index (χ2n) is 5.38. The van der Waals surface area contributed by atoms with Gasteiger partial charge in [0.15, 0.2) is 0 Å². The Morgan fingerprint density at radius 2 is 1.80 bits per heavy atom. The predicted molar refractivity (Wildman–Crippen MR) is 82.1 cm³/mol. The summed E-state index contributed by atoms with van der Waals surface area (Å²) in [6.07, 6.45) is 1.50. The molecule has 2 heterocycles. The van der Waals surface area contributed by atoms with Gasteiger partial charge in [-0.25, -0.2) is 4.72 Å². The van der Waals surface area contributed by atoms with Gasteiger partial charge < -0.3 is 10.0 Å². The van der Waals surface area contributed by atoms with E-state index in [1.165, 1.54) is 4.31 Å². The Kier molecular flexibility index (Phi) is 6.57. The molecule has 0 atom stereocenters. The van der Waals surface area contributed by atoms with Crippen LogP contribution >= 0.6 is 11.8 Å². The van der Waals surface area contributed by atoms with Crippen molar-refractivity contribution >= 4 is 22.0 Å². The molecule has 0 unspecified atom stereocenters. The Balaban J connectivity index is 1.70. The van der Waals surface area contributed by atoms with Gasteiger partial charge in [0.2, 0.25) is 0 Å². The highest BCUT2D eigenvalue weighted by molar-refractivity contribution is 7.99. The van der Waals surface area contributed by atoms with Gasteiger partial charge in [-0.3, -0.25) is 0 Å². The summed E-state index contributed by atoms with van der Waals surface area (Å²) in [6.45, 7) is 4.55. The molecule has 0 aromatic heterocycles. The zero-order chi connectivity index (χ0) is 14.4. The van der Waals surface area contributed by atoms with Crippen LogP contribution in [0.1, 0.15) is 12.8 Å². The van der Waals surface area contributed by atoms with E-state index in [0.717, 1.165) is 44.0 Å². The average Bonchev–Trinajstić information content (AvgIpc) is 2.48. The van der Waals surface area contributed by atoms with Crippen molar-refractivity contribution in [1.82, 2.24) is 13.9 Å². The topological polar surface area (TPSA) is 72.9 Å². The van der Waals surface area contributed by atoms with Crippen molar-refractivity contribution in [3.8, 4) is 0 Å². The minimum absolute atomic E-state index is 0.161. The van der Waals surface area contributed by atoms with Crippen molar-refractivity contribution in [3.63, 3.8) is 0 Å². The molecule has 2 aliphatic heterocycles. The summed E-state index contributed by atoms with van der Waals surface area (Å²) >= 11 is 1.95. The second-order valence-corrected chi connectivity index (χ2v) is 8.36. The molecule has 0 radical (unpaired) electrons. The van der Waals surface area contributed by atoms with Gasteiger partial charge in [0.25, 0.3) is 10.2 Å². The predicted octanol–water partition coefficient (Wildman–Crippen LogP) is -0.426. The van der Waals surface area contributed by atoms with Crippen molar-refractivity contribution in [2.24, 2.45) is 5.92 Å². The van der Waals surface area contributed by atoms with Gasteiger partial charge in [-0.05, 0) is 18.8 Å². The van der Waals surface area contributed by atoms with E-state index in [4.69, 9.17) is 5.11 Å². The number of hydrogen-bond acceptors (Lipinski definition) is 5. The van der Waals surface area contributed by atoms with Crippen molar-refractivity contribution in [2.75, 3.05) is 57.4 Å². The maximum absolute atomic E-state index is 12.2. The zero-order valence-electron chi connectivity index (χ0n) is 11.8. The lowest BCUT2D eigenvalue weighted by Crippen LogP contribution is -2.47. The maximum Gasteiger partial charge on any atom is 0.279 e. The third-order valence-electron chi connectivity index (χ3n) is 3.99. The van der Waals surface area contributed by atoms with Crippen molar-refractivity contribution in [3.05, 3.63) is 0 Å². The lowest BCUT2D eigenvalue weighted by Gasteiger charge is -2.31. The summed E-state index contributed by atoms with van der Waals surface area (Å²) < 4.78 is 28.5. The number of nitrogens with zero attached hydrogens (tertiary/aromatic N) is 2. The van der Waals surface area contributed by atoms with Gasteiger partial charge in [0, 0.05) is 57.4 Å². The minimum atomic E-state index is -3.35. The summed E-state index contributed by atoms with van der Waals surface area (Å²) in [5, 5.41) is 9.07. The van der Waals surface area contributed by atoms with Crippen LogP contribution < -0.4 is 4.72 Å². The molecular formula is C12H25N3O3S2. The average molecular weight is 323 g/mol. The molecule has 2 N–H and O–H groups in total. The van der Waals surface area contributed by atoms with Crippen molar-refractivity contribution in [1.29, 1.82) is 0 Å². The first-order valence-electron chi connectivity index (χ1n) is 7.27. The zero-order valence-corrected chi connectivity index (χ0v) is 13.5. The largest absolute Gasteiger partial charge is 0.396 e. The first-order chi connectivity index (χ1) is 9.62. The van der Waals surface area contributed by atoms with Crippen molar-refractivity contribution < 1.29 is 13.5 Å². The summed E-state index contributed by atoms with van der Waals surface area (Å²) in [5.41, 5.74) is 0. The van der Waals surface area contributed by atoms with E-state index in [1.807, 2.05) is 11.8 Å². The Hall–Kier alpha value is 0.140. The van der Waals surface area contributed by atoms with Crippen LogP contribution in [0.25, 0.3) is 0 Å². The summed E-state index contributed by atoms with van der Waals surface area (Å²) in [4.78, 5) is 2.30. The molecular weight excluding hydrogens is 298 g/mol. The molecule has 0 spiro atoms. The van der Waals surface area contributed by atoms with Crippen LogP contribution in [0.2, 0.25) is 0 Å². The fourth-order valence-electron chi connectivity index (χ4n) is 2.58. The summed E-state index contributed by atoms with van der Waals surface area (Å²) in [7, 11) is -3.35. The Morgan fingerprint density at radius 1 is 1.15 bits per heavy atom. The molecule has 6 nitrogen and oxygen atoms in total. The highest BCUT2D eigenvalue weighted by Crippen LogP contribution is 2.18. The molecule has 2 saturated heterocycles. The van der Waals surface area contributed by atoms with Crippen LogP contribution in [0.3, 0.4) is 0 Å². The third kappa shape index (κ3) is 4.85. The van der Waals surface area contributed by atoms with Crippen LogP contribution in [-0.2, 0) is 10.2 Å². The molecule has 2 aliphatic rings. The van der Waals surface area contributed by atoms with E-state index >= 15 is 0 Å². The van der Waals surface area contributed by atoms with Crippen LogP contribution in [0, 0.1) is 5.92 Å². The Bertz CT molecular complexity index is 377. The van der Waals surface area contributed by atoms with Gasteiger partial charge in [0.05, 0.1) is 0 Å². The first kappa shape index (κ1) is 16.5. The molecule has 0 aromatic carbocycles. The third-order valence-corrected chi connectivity index (χ3v) is 6.54. The van der Waals surface area contributed by atoms with Crippen molar-refractivity contribution in [2.45, 2.75) is 12.8 Å². The number of aliphatic hydroxyl groups is 1. The fraction of sp³-hybridized carbons (Fsp3) is 1.00. The molecule has 2 rings (SSSR count). The van der Waals surface area contributed by atoms with Gasteiger partial charge in [0.1, 0.15) is 0 Å². The van der Waals surface area contributed by atoms with Crippen LogP contribution in [0.15, 0.2) is 0 Å². The number of piperidine rings is 1. The quantitative estimate of drug-likeness (QED) is 0.694. The normalized spacial score (nSPS) is 24.1. The van der Waals surface area contributed by atoms with Gasteiger partial charge in [-0.2, -0.15) is 24.5 Å². The molecule has 8 heteroatoms. The Labute approximate surface area is 126 Å². The number of hydrogen-bond donors (Lipinski definition) is 2. The number of aliphatic hydroxyl groups excluding tert-OH is 1. The maximum atomic E-state index is 12.2. The molecule has 2 fully saturated rings. The number of thioether (sulfide) groups is 1. The molecule has 0 bridgehead atoms. The molecule has 0 aliphatic carbocycles. The van der Waals surface area contributed by atoms with Gasteiger partial charge >= 0.3 is 0 Å². The van der Waals surface area contributed by atoms with E-state index in [-0.39, 0.29) is 12.5 Å². The Morgan fingerprint density at radius 3 is 2.40 bits per heavy atom. The first-order valence-corrected chi connectivity index (χ1v) is 9.87. The molecule has 0 saturated carbocycles. The lowest BCUT2D eigenvalue weighted by atomic mass is 10.00. The van der Waals surface area contributed by atoms with Gasteiger partial charge in [-0.15, -0.1) is 0 Å². The van der Waals surface area contributed by atoms with E-state index < -0.39 is 10.2 Å². The summed E-state index contributed by atoms with van der Waals surface area (Å²) in [5.74, 6) is 2.54. The van der Waals surface area contributed by atoms with E-state index in [2.05, 4.69) is 9.62 Å². The minimum Gasteiger partial charge on any atom is -0.396 e. The van der Waals surface area contributed by atoms with E-state index in [9.17, 15) is 8.42 Å². The molecule has 0 aromatic rings. The smallest absolute Gasteiger partial charge is 0.279 e. The molecule has 118 valence electrons. The van der Waals surface area contributed by atoms with Crippen LogP contribution in [0.4, 0.5) is 0 Å². The number of rotatable bonds is 6. The monoisotopic (exact) mass is 323 g/mol. The summed E-state index contributed by atoms with van der Waals surface area (Å²) in [6, 6.07) is 0. The molecule has 0 amide bonds. The lowest BCUT2D eigenvalue weighted by molar-refractivity contribution is 0.169. The SMILES string of the molecule is O=S(=O)(NCCN1CCSCC1)N1CCC(CO)CC1. The highest BCUT2D eigenvalue weighted by Gasteiger charge is 2.27. The highest BCUT2D eigenvalue weighted by atomic mass is 32.2.